The van der Waals surface area contributed by atoms with Crippen molar-refractivity contribution >= 4 is 28.4 Å². The highest BCUT2D eigenvalue weighted by Gasteiger charge is 2.23. The van der Waals surface area contributed by atoms with Gasteiger partial charge in [0.15, 0.2) is 0 Å². The van der Waals surface area contributed by atoms with Crippen LogP contribution in [0.1, 0.15) is 16.1 Å². The number of carbonyl (C=O) groups excluding carboxylic acids is 1. The molecule has 3 nitrogen and oxygen atoms in total. The highest BCUT2D eigenvalue weighted by Crippen LogP contribution is 2.29. The molecule has 82 valence electrons. The van der Waals surface area contributed by atoms with Crippen LogP contribution in [0.25, 0.3) is 10.9 Å². The van der Waals surface area contributed by atoms with Crippen LogP contribution in [0.3, 0.4) is 0 Å². The Morgan fingerprint density at radius 2 is 2.19 bits per heavy atom. The first-order valence-corrected chi connectivity index (χ1v) is 5.32. The number of aromatic amines is 1. The summed E-state index contributed by atoms with van der Waals surface area (Å²) in [6.45, 7) is 0.577. The third-order valence-electron chi connectivity index (χ3n) is 2.79. The average Bonchev–Trinajstić information content (AvgIpc) is 2.58. The van der Waals surface area contributed by atoms with E-state index >= 15 is 0 Å². The molecule has 0 bridgehead atoms. The van der Waals surface area contributed by atoms with Crippen molar-refractivity contribution < 1.29 is 9.18 Å². The van der Waals surface area contributed by atoms with Crippen molar-refractivity contribution in [3.63, 3.8) is 0 Å². The van der Waals surface area contributed by atoms with Crippen LogP contribution >= 0.6 is 11.6 Å². The molecule has 0 unspecified atom stereocenters. The molecule has 0 radical (unpaired) electrons. The smallest absolute Gasteiger partial charge is 0.253 e. The molecule has 1 amide bonds. The van der Waals surface area contributed by atoms with Gasteiger partial charge in [0.05, 0.1) is 11.1 Å². The topological polar surface area (TPSA) is 44.9 Å². The molecule has 1 aromatic heterocycles. The van der Waals surface area contributed by atoms with Crippen molar-refractivity contribution in [3.05, 3.63) is 34.2 Å². The van der Waals surface area contributed by atoms with Gasteiger partial charge in [-0.2, -0.15) is 0 Å². The van der Waals surface area contributed by atoms with E-state index in [1.165, 1.54) is 6.07 Å². The van der Waals surface area contributed by atoms with Crippen LogP contribution < -0.4 is 5.32 Å². The lowest BCUT2D eigenvalue weighted by Crippen LogP contribution is -2.31. The predicted octanol–water partition coefficient (Wildman–Crippen LogP) is 2.25. The molecule has 0 saturated carbocycles. The summed E-state index contributed by atoms with van der Waals surface area (Å²) in [5.41, 5.74) is 1.65. The Hall–Kier alpha value is -1.55. The van der Waals surface area contributed by atoms with Gasteiger partial charge in [-0.3, -0.25) is 4.79 Å². The number of amides is 1. The molecule has 2 N–H and O–H groups in total. The second-order valence-electron chi connectivity index (χ2n) is 3.79. The molecule has 0 saturated heterocycles. The molecule has 5 heteroatoms. The van der Waals surface area contributed by atoms with Gasteiger partial charge < -0.3 is 10.3 Å². The Morgan fingerprint density at radius 1 is 1.38 bits per heavy atom. The number of carbonyl (C=O) groups is 1. The first-order valence-electron chi connectivity index (χ1n) is 4.94. The number of hydrogen-bond acceptors (Lipinski definition) is 1. The van der Waals surface area contributed by atoms with E-state index in [0.717, 1.165) is 5.69 Å². The van der Waals surface area contributed by atoms with E-state index in [9.17, 15) is 9.18 Å². The summed E-state index contributed by atoms with van der Waals surface area (Å²) in [5, 5.41) is 3.58. The first kappa shape index (κ1) is 9.66. The van der Waals surface area contributed by atoms with Crippen LogP contribution in [0.15, 0.2) is 12.1 Å². The number of aromatic nitrogens is 1. The van der Waals surface area contributed by atoms with Crippen molar-refractivity contribution in [2.24, 2.45) is 0 Å². The predicted molar refractivity (Wildman–Crippen MR) is 59.3 cm³/mol. The highest BCUT2D eigenvalue weighted by molar-refractivity contribution is 6.31. The number of nitrogens with one attached hydrogen (secondary N) is 2. The molecule has 0 fully saturated rings. The number of H-pyrrole nitrogens is 1. The largest absolute Gasteiger partial charge is 0.355 e. The molecule has 2 aromatic rings. The third-order valence-corrected chi connectivity index (χ3v) is 3.01. The SMILES string of the molecule is O=C1NCCc2[nH]c3c(F)cc(Cl)cc3c21. The molecule has 1 aliphatic rings. The van der Waals surface area contributed by atoms with Gasteiger partial charge in [0.2, 0.25) is 0 Å². The van der Waals surface area contributed by atoms with Crippen molar-refractivity contribution in [1.82, 2.24) is 10.3 Å². The van der Waals surface area contributed by atoms with Crippen molar-refractivity contribution in [1.29, 1.82) is 0 Å². The fraction of sp³-hybridized carbons (Fsp3) is 0.182. The zero-order valence-corrected chi connectivity index (χ0v) is 8.99. The Labute approximate surface area is 95.6 Å². The van der Waals surface area contributed by atoms with Crippen molar-refractivity contribution in [2.75, 3.05) is 6.54 Å². The van der Waals surface area contributed by atoms with Gasteiger partial charge in [0, 0.05) is 29.1 Å². The van der Waals surface area contributed by atoms with Crippen molar-refractivity contribution in [3.8, 4) is 0 Å². The van der Waals surface area contributed by atoms with Crippen LogP contribution in [-0.2, 0) is 6.42 Å². The lowest BCUT2D eigenvalue weighted by molar-refractivity contribution is 0.0947. The molecule has 0 atom stereocenters. The standard InChI is InChI=1S/C11H8ClFN2O/c12-5-3-6-9-8(1-2-14-11(9)16)15-10(6)7(13)4-5/h3-4,15H,1-2H2,(H,14,16). The zero-order chi connectivity index (χ0) is 11.3. The molecule has 3 rings (SSSR count). The lowest BCUT2D eigenvalue weighted by atomic mass is 10.1. The van der Waals surface area contributed by atoms with Crippen LogP contribution in [-0.4, -0.2) is 17.4 Å². The molecular weight excluding hydrogens is 231 g/mol. The zero-order valence-electron chi connectivity index (χ0n) is 8.23. The molecule has 0 spiro atoms. The molecular formula is C11H8ClFN2O. The summed E-state index contributed by atoms with van der Waals surface area (Å²) in [5.74, 6) is -0.598. The van der Waals surface area contributed by atoms with E-state index in [1.54, 1.807) is 6.07 Å². The summed E-state index contributed by atoms with van der Waals surface area (Å²) in [7, 11) is 0. The van der Waals surface area contributed by atoms with Gasteiger partial charge in [0.1, 0.15) is 5.82 Å². The van der Waals surface area contributed by atoms with E-state index in [4.69, 9.17) is 11.6 Å². The van der Waals surface area contributed by atoms with Crippen LogP contribution in [0.2, 0.25) is 5.02 Å². The van der Waals surface area contributed by atoms with Gasteiger partial charge >= 0.3 is 0 Å². The number of fused-ring (bicyclic) bond motifs is 3. The van der Waals surface area contributed by atoms with Crippen LogP contribution in [0.4, 0.5) is 4.39 Å². The number of hydrogen-bond donors (Lipinski definition) is 2. The minimum atomic E-state index is -0.426. The quantitative estimate of drug-likeness (QED) is 0.727. The minimum Gasteiger partial charge on any atom is -0.355 e. The maximum Gasteiger partial charge on any atom is 0.253 e. The monoisotopic (exact) mass is 238 g/mol. The summed E-state index contributed by atoms with van der Waals surface area (Å²) >= 11 is 5.79. The molecule has 16 heavy (non-hydrogen) atoms. The molecule has 1 aliphatic heterocycles. The number of rotatable bonds is 0. The molecule has 2 heterocycles. The summed E-state index contributed by atoms with van der Waals surface area (Å²) in [6, 6.07) is 2.85. The van der Waals surface area contributed by atoms with Gasteiger partial charge in [0.25, 0.3) is 5.91 Å². The second-order valence-corrected chi connectivity index (χ2v) is 4.23. The van der Waals surface area contributed by atoms with Crippen LogP contribution in [0.5, 0.6) is 0 Å². The molecule has 0 aliphatic carbocycles. The Morgan fingerprint density at radius 3 is 3.00 bits per heavy atom. The first-order chi connectivity index (χ1) is 7.66. The number of benzene rings is 1. The fourth-order valence-corrected chi connectivity index (χ4v) is 2.31. The number of halogens is 2. The maximum atomic E-state index is 13.6. The van der Waals surface area contributed by atoms with Crippen molar-refractivity contribution in [2.45, 2.75) is 6.42 Å². The third kappa shape index (κ3) is 1.23. The Kier molecular flexibility index (Phi) is 1.94. The van der Waals surface area contributed by atoms with Gasteiger partial charge in [-0.05, 0) is 12.1 Å². The average molecular weight is 239 g/mol. The minimum absolute atomic E-state index is 0.172. The maximum absolute atomic E-state index is 13.6. The van der Waals surface area contributed by atoms with E-state index in [-0.39, 0.29) is 5.91 Å². The summed E-state index contributed by atoms with van der Waals surface area (Å²) < 4.78 is 13.6. The molecule has 1 aromatic carbocycles. The fourth-order valence-electron chi connectivity index (χ4n) is 2.11. The van der Waals surface area contributed by atoms with Crippen LogP contribution in [0, 0.1) is 5.82 Å². The van der Waals surface area contributed by atoms with Gasteiger partial charge in [-0.15, -0.1) is 0 Å². The van der Waals surface area contributed by atoms with Gasteiger partial charge in [-0.1, -0.05) is 11.6 Å². The van der Waals surface area contributed by atoms with E-state index in [2.05, 4.69) is 10.3 Å². The van der Waals surface area contributed by atoms with E-state index < -0.39 is 5.82 Å². The van der Waals surface area contributed by atoms with Gasteiger partial charge in [-0.25, -0.2) is 4.39 Å². The summed E-state index contributed by atoms with van der Waals surface area (Å²) in [4.78, 5) is 14.6. The highest BCUT2D eigenvalue weighted by atomic mass is 35.5. The van der Waals surface area contributed by atoms with E-state index in [0.29, 0.717) is 34.5 Å². The summed E-state index contributed by atoms with van der Waals surface area (Å²) in [6.07, 6.45) is 0.687. The lowest BCUT2D eigenvalue weighted by Gasteiger charge is -2.11. The normalized spacial score (nSPS) is 15.0. The second kappa shape index (κ2) is 3.22. The Balaban J connectivity index is 2.42. The Bertz CT molecular complexity index is 606. The van der Waals surface area contributed by atoms with E-state index in [1.807, 2.05) is 0 Å².